The van der Waals surface area contributed by atoms with Crippen molar-refractivity contribution >= 4 is 16.9 Å². The van der Waals surface area contributed by atoms with E-state index in [1.165, 1.54) is 0 Å². The van der Waals surface area contributed by atoms with Gasteiger partial charge in [-0.05, 0) is 38.7 Å². The number of amides is 1. The lowest BCUT2D eigenvalue weighted by atomic mass is 9.98. The van der Waals surface area contributed by atoms with Gasteiger partial charge in [-0.1, -0.05) is 6.92 Å². The second-order valence-electron chi connectivity index (χ2n) is 6.15. The van der Waals surface area contributed by atoms with Gasteiger partial charge < -0.3 is 13.9 Å². The molecule has 118 valence electrons. The number of hydrogen-bond donors (Lipinski definition) is 0. The zero-order chi connectivity index (χ0) is 15.9. The molecule has 1 aliphatic heterocycles. The number of aromatic nitrogens is 1. The molecule has 0 atom stereocenters. The summed E-state index contributed by atoms with van der Waals surface area (Å²) in [5.74, 6) is 1.11. The maximum absolute atomic E-state index is 12.9. The second kappa shape index (κ2) is 5.63. The predicted molar refractivity (Wildman–Crippen MR) is 85.2 cm³/mol. The van der Waals surface area contributed by atoms with Gasteiger partial charge in [0, 0.05) is 25.8 Å². The molecule has 0 radical (unpaired) electrons. The van der Waals surface area contributed by atoms with Crippen molar-refractivity contribution < 1.29 is 9.21 Å². The Morgan fingerprint density at radius 3 is 2.68 bits per heavy atom. The Morgan fingerprint density at radius 1 is 1.36 bits per heavy atom. The fourth-order valence-corrected chi connectivity index (χ4v) is 3.14. The van der Waals surface area contributed by atoms with E-state index in [1.54, 1.807) is 23.8 Å². The molecule has 5 nitrogen and oxygen atoms in total. The van der Waals surface area contributed by atoms with Crippen LogP contribution in [0.25, 0.3) is 11.0 Å². The lowest BCUT2D eigenvalue weighted by molar-refractivity contribution is 0.0697. The average Bonchev–Trinajstić information content (AvgIpc) is 2.85. The van der Waals surface area contributed by atoms with E-state index in [9.17, 15) is 9.59 Å². The number of nitrogens with zero attached hydrogens (tertiary/aromatic N) is 2. The van der Waals surface area contributed by atoms with Crippen molar-refractivity contribution in [2.24, 2.45) is 5.92 Å². The van der Waals surface area contributed by atoms with E-state index in [4.69, 9.17) is 4.42 Å². The number of furan rings is 1. The summed E-state index contributed by atoms with van der Waals surface area (Å²) in [6, 6.07) is 1.77. The van der Waals surface area contributed by atoms with Gasteiger partial charge in [-0.15, -0.1) is 0 Å². The molecule has 0 spiro atoms. The van der Waals surface area contributed by atoms with E-state index in [0.29, 0.717) is 34.8 Å². The lowest BCUT2D eigenvalue weighted by Gasteiger charge is -2.30. The first-order chi connectivity index (χ1) is 10.5. The minimum Gasteiger partial charge on any atom is -0.460 e. The third kappa shape index (κ3) is 2.34. The number of aryl methyl sites for hydroxylation is 2. The van der Waals surface area contributed by atoms with Gasteiger partial charge in [0.05, 0.1) is 10.9 Å². The minimum absolute atomic E-state index is 0.0749. The SMILES string of the molecule is CCn1ccc2oc(C)c(C(=O)N3CCC(C)CC3)c2c1=O. The van der Waals surface area contributed by atoms with Gasteiger partial charge in [0.2, 0.25) is 0 Å². The average molecular weight is 302 g/mol. The van der Waals surface area contributed by atoms with Crippen LogP contribution in [0.3, 0.4) is 0 Å². The summed E-state index contributed by atoms with van der Waals surface area (Å²) in [7, 11) is 0. The van der Waals surface area contributed by atoms with E-state index in [1.807, 2.05) is 11.8 Å². The van der Waals surface area contributed by atoms with Crippen molar-refractivity contribution in [2.45, 2.75) is 40.2 Å². The zero-order valence-electron chi connectivity index (χ0n) is 13.4. The summed E-state index contributed by atoms with van der Waals surface area (Å²) in [5.41, 5.74) is 0.795. The van der Waals surface area contributed by atoms with Gasteiger partial charge in [-0.2, -0.15) is 0 Å². The number of hydrogen-bond acceptors (Lipinski definition) is 3. The standard InChI is InChI=1S/C17H22N2O3/c1-4-18-10-7-13-15(17(18)21)14(12(3)22-13)16(20)19-8-5-11(2)6-9-19/h7,10-11H,4-6,8-9H2,1-3H3. The van der Waals surface area contributed by atoms with Crippen molar-refractivity contribution in [3.05, 3.63) is 33.9 Å². The van der Waals surface area contributed by atoms with E-state index >= 15 is 0 Å². The minimum atomic E-state index is -0.148. The van der Waals surface area contributed by atoms with Crippen LogP contribution in [0.5, 0.6) is 0 Å². The molecule has 0 saturated carbocycles. The van der Waals surface area contributed by atoms with Gasteiger partial charge in [0.25, 0.3) is 11.5 Å². The number of likely N-dealkylation sites (tertiary alicyclic amines) is 1. The second-order valence-corrected chi connectivity index (χ2v) is 6.15. The van der Waals surface area contributed by atoms with Crippen LogP contribution in [0, 0.1) is 12.8 Å². The van der Waals surface area contributed by atoms with Gasteiger partial charge in [0.15, 0.2) is 0 Å². The van der Waals surface area contributed by atoms with E-state index in [0.717, 1.165) is 25.9 Å². The van der Waals surface area contributed by atoms with Gasteiger partial charge in [-0.3, -0.25) is 9.59 Å². The van der Waals surface area contributed by atoms with Gasteiger partial charge >= 0.3 is 0 Å². The van der Waals surface area contributed by atoms with Crippen LogP contribution in [0.15, 0.2) is 21.5 Å². The number of fused-ring (bicyclic) bond motifs is 1. The first kappa shape index (κ1) is 14.9. The van der Waals surface area contributed by atoms with Gasteiger partial charge in [-0.25, -0.2) is 0 Å². The maximum atomic E-state index is 12.9. The molecule has 2 aromatic heterocycles. The highest BCUT2D eigenvalue weighted by Gasteiger charge is 2.27. The Kier molecular flexibility index (Phi) is 3.81. The van der Waals surface area contributed by atoms with Crippen molar-refractivity contribution in [1.29, 1.82) is 0 Å². The zero-order valence-corrected chi connectivity index (χ0v) is 13.4. The first-order valence-corrected chi connectivity index (χ1v) is 7.94. The predicted octanol–water partition coefficient (Wildman–Crippen LogP) is 2.79. The highest BCUT2D eigenvalue weighted by Crippen LogP contribution is 2.26. The molecule has 1 saturated heterocycles. The smallest absolute Gasteiger partial charge is 0.262 e. The van der Waals surface area contributed by atoms with E-state index in [-0.39, 0.29) is 11.5 Å². The largest absolute Gasteiger partial charge is 0.460 e. The lowest BCUT2D eigenvalue weighted by Crippen LogP contribution is -2.38. The molecule has 0 N–H and O–H groups in total. The summed E-state index contributed by atoms with van der Waals surface area (Å²) in [4.78, 5) is 27.3. The quantitative estimate of drug-likeness (QED) is 0.857. The third-order valence-corrected chi connectivity index (χ3v) is 4.62. The maximum Gasteiger partial charge on any atom is 0.262 e. The molecule has 3 rings (SSSR count). The number of carbonyl (C=O) groups excluding carboxylic acids is 1. The van der Waals surface area contributed by atoms with E-state index in [2.05, 4.69) is 6.92 Å². The Labute approximate surface area is 129 Å². The first-order valence-electron chi connectivity index (χ1n) is 7.94. The molecule has 2 aromatic rings. The van der Waals surface area contributed by atoms with Crippen molar-refractivity contribution in [2.75, 3.05) is 13.1 Å². The van der Waals surface area contributed by atoms with Crippen LogP contribution in [0.2, 0.25) is 0 Å². The third-order valence-electron chi connectivity index (χ3n) is 4.62. The summed E-state index contributed by atoms with van der Waals surface area (Å²) in [6.45, 7) is 7.96. The molecule has 0 aromatic carbocycles. The fourth-order valence-electron chi connectivity index (χ4n) is 3.14. The Bertz CT molecular complexity index is 764. The van der Waals surface area contributed by atoms with Crippen LogP contribution in [0.4, 0.5) is 0 Å². The Hall–Kier alpha value is -2.04. The highest BCUT2D eigenvalue weighted by atomic mass is 16.3. The molecule has 1 fully saturated rings. The van der Waals surface area contributed by atoms with Crippen LogP contribution >= 0.6 is 0 Å². The molecular formula is C17H22N2O3. The van der Waals surface area contributed by atoms with Crippen LogP contribution in [-0.4, -0.2) is 28.5 Å². The fraction of sp³-hybridized carbons (Fsp3) is 0.529. The molecule has 0 bridgehead atoms. The van der Waals surface area contributed by atoms with Crippen molar-refractivity contribution in [3.8, 4) is 0 Å². The molecule has 0 unspecified atom stereocenters. The van der Waals surface area contributed by atoms with Crippen molar-refractivity contribution in [3.63, 3.8) is 0 Å². The number of piperidine rings is 1. The van der Waals surface area contributed by atoms with Crippen LogP contribution < -0.4 is 5.56 Å². The Morgan fingerprint density at radius 2 is 2.05 bits per heavy atom. The molecular weight excluding hydrogens is 280 g/mol. The Balaban J connectivity index is 2.08. The molecule has 22 heavy (non-hydrogen) atoms. The number of pyridine rings is 1. The molecule has 0 aliphatic carbocycles. The normalized spacial score (nSPS) is 16.4. The molecule has 1 aliphatic rings. The summed E-state index contributed by atoms with van der Waals surface area (Å²) < 4.78 is 7.26. The summed E-state index contributed by atoms with van der Waals surface area (Å²) in [5, 5.41) is 0.422. The number of rotatable bonds is 2. The highest BCUT2D eigenvalue weighted by molar-refractivity contribution is 6.06. The van der Waals surface area contributed by atoms with Gasteiger partial charge in [0.1, 0.15) is 11.3 Å². The number of carbonyl (C=O) groups is 1. The van der Waals surface area contributed by atoms with E-state index < -0.39 is 0 Å². The molecule has 3 heterocycles. The summed E-state index contributed by atoms with van der Waals surface area (Å²) in [6.07, 6.45) is 3.74. The summed E-state index contributed by atoms with van der Waals surface area (Å²) >= 11 is 0. The molecule has 5 heteroatoms. The van der Waals surface area contributed by atoms with Crippen LogP contribution in [-0.2, 0) is 6.54 Å². The monoisotopic (exact) mass is 302 g/mol. The topological polar surface area (TPSA) is 55.5 Å². The molecule has 1 amide bonds. The van der Waals surface area contributed by atoms with Crippen LogP contribution in [0.1, 0.15) is 42.8 Å². The van der Waals surface area contributed by atoms with Crippen molar-refractivity contribution in [1.82, 2.24) is 9.47 Å².